The topological polar surface area (TPSA) is 17.1 Å². The minimum absolute atomic E-state index is 0.349. The SMILES string of the molecule is CC1CCC2(C)C(C1)C(=O)C1C3CCC(C)C3(C)CCC12. The summed E-state index contributed by atoms with van der Waals surface area (Å²) in [5, 5.41) is 0. The first-order valence-electron chi connectivity index (χ1n) is 9.41. The third-order valence-electron chi connectivity index (χ3n) is 8.87. The second-order valence-corrected chi connectivity index (χ2v) is 9.60. The first-order valence-corrected chi connectivity index (χ1v) is 9.41. The Bertz CT molecular complexity index is 468. The number of carbonyl (C=O) groups excluding carboxylic acids is 1. The summed E-state index contributed by atoms with van der Waals surface area (Å²) in [4.78, 5) is 13.3. The molecule has 0 aromatic carbocycles. The fourth-order valence-electron chi connectivity index (χ4n) is 7.18. The largest absolute Gasteiger partial charge is 0.299 e. The van der Waals surface area contributed by atoms with Crippen LogP contribution in [0.5, 0.6) is 0 Å². The molecule has 0 saturated heterocycles. The Labute approximate surface area is 130 Å². The van der Waals surface area contributed by atoms with Crippen molar-refractivity contribution in [3.8, 4) is 0 Å². The Kier molecular flexibility index (Phi) is 2.96. The van der Waals surface area contributed by atoms with Crippen LogP contribution in [0.3, 0.4) is 0 Å². The highest BCUT2D eigenvalue weighted by Gasteiger charge is 2.65. The predicted molar refractivity (Wildman–Crippen MR) is 85.8 cm³/mol. The Balaban J connectivity index is 1.72. The average Bonchev–Trinajstić information content (AvgIpc) is 2.86. The van der Waals surface area contributed by atoms with E-state index in [4.69, 9.17) is 0 Å². The van der Waals surface area contributed by atoms with Crippen LogP contribution in [0.2, 0.25) is 0 Å². The molecule has 0 radical (unpaired) electrons. The van der Waals surface area contributed by atoms with Gasteiger partial charge in [0.2, 0.25) is 0 Å². The zero-order valence-corrected chi connectivity index (χ0v) is 14.3. The highest BCUT2D eigenvalue weighted by molar-refractivity contribution is 5.88. The van der Waals surface area contributed by atoms with Gasteiger partial charge in [-0.25, -0.2) is 0 Å². The van der Waals surface area contributed by atoms with Gasteiger partial charge in [-0.05, 0) is 73.0 Å². The molecule has 8 unspecified atom stereocenters. The standard InChI is InChI=1S/C20H32O/c1-12-7-9-20(4)15-8-10-19(3)13(2)5-6-14(19)17(15)18(21)16(20)11-12/h12-17H,5-11H2,1-4H3. The van der Waals surface area contributed by atoms with Crippen LogP contribution in [0.4, 0.5) is 0 Å². The molecule has 0 spiro atoms. The molecular weight excluding hydrogens is 256 g/mol. The number of hydrogen-bond acceptors (Lipinski definition) is 1. The molecule has 4 rings (SSSR count). The molecule has 4 fully saturated rings. The Hall–Kier alpha value is -0.330. The molecule has 4 aliphatic carbocycles. The monoisotopic (exact) mass is 288 g/mol. The van der Waals surface area contributed by atoms with Gasteiger partial charge in [0.15, 0.2) is 0 Å². The zero-order chi connectivity index (χ0) is 15.0. The molecule has 0 amide bonds. The molecule has 0 heterocycles. The Morgan fingerprint density at radius 2 is 1.57 bits per heavy atom. The van der Waals surface area contributed by atoms with Crippen molar-refractivity contribution in [1.82, 2.24) is 0 Å². The van der Waals surface area contributed by atoms with Gasteiger partial charge < -0.3 is 0 Å². The van der Waals surface area contributed by atoms with Crippen molar-refractivity contribution in [3.63, 3.8) is 0 Å². The summed E-state index contributed by atoms with van der Waals surface area (Å²) in [6.45, 7) is 9.78. The van der Waals surface area contributed by atoms with Gasteiger partial charge in [-0.15, -0.1) is 0 Å². The van der Waals surface area contributed by atoms with Gasteiger partial charge in [-0.2, -0.15) is 0 Å². The number of ketones is 1. The number of carbonyl (C=O) groups is 1. The van der Waals surface area contributed by atoms with Crippen molar-refractivity contribution in [1.29, 1.82) is 0 Å². The Morgan fingerprint density at radius 1 is 0.905 bits per heavy atom. The molecule has 1 nitrogen and oxygen atoms in total. The van der Waals surface area contributed by atoms with Crippen molar-refractivity contribution in [2.45, 2.75) is 72.6 Å². The lowest BCUT2D eigenvalue weighted by molar-refractivity contribution is -0.129. The van der Waals surface area contributed by atoms with E-state index in [1.807, 2.05) is 0 Å². The lowest BCUT2D eigenvalue weighted by Crippen LogP contribution is -2.43. The van der Waals surface area contributed by atoms with Gasteiger partial charge in [0.05, 0.1) is 0 Å². The first kappa shape index (κ1) is 14.3. The molecule has 0 N–H and O–H groups in total. The number of Topliss-reactive ketones (excluding diaryl/α,β-unsaturated/α-hetero) is 1. The van der Waals surface area contributed by atoms with Crippen LogP contribution >= 0.6 is 0 Å². The molecule has 8 atom stereocenters. The molecule has 4 aliphatic rings. The van der Waals surface area contributed by atoms with E-state index < -0.39 is 0 Å². The van der Waals surface area contributed by atoms with Crippen LogP contribution in [0.15, 0.2) is 0 Å². The van der Waals surface area contributed by atoms with E-state index in [0.717, 1.165) is 11.8 Å². The van der Waals surface area contributed by atoms with Gasteiger partial charge >= 0.3 is 0 Å². The second-order valence-electron chi connectivity index (χ2n) is 9.60. The normalized spacial score (nSPS) is 59.5. The van der Waals surface area contributed by atoms with Crippen molar-refractivity contribution in [2.75, 3.05) is 0 Å². The van der Waals surface area contributed by atoms with E-state index in [2.05, 4.69) is 27.7 Å². The quantitative estimate of drug-likeness (QED) is 0.607. The summed E-state index contributed by atoms with van der Waals surface area (Å²) < 4.78 is 0. The van der Waals surface area contributed by atoms with Gasteiger partial charge in [-0.1, -0.05) is 34.1 Å². The number of hydrogen-bond donors (Lipinski definition) is 0. The van der Waals surface area contributed by atoms with Crippen LogP contribution in [0.25, 0.3) is 0 Å². The third-order valence-corrected chi connectivity index (χ3v) is 8.87. The van der Waals surface area contributed by atoms with Crippen LogP contribution in [0, 0.1) is 46.3 Å². The van der Waals surface area contributed by atoms with E-state index in [1.165, 1.54) is 44.9 Å². The minimum Gasteiger partial charge on any atom is -0.299 e. The van der Waals surface area contributed by atoms with Gasteiger partial charge in [0, 0.05) is 11.8 Å². The maximum atomic E-state index is 13.3. The van der Waals surface area contributed by atoms with Crippen molar-refractivity contribution in [3.05, 3.63) is 0 Å². The molecule has 21 heavy (non-hydrogen) atoms. The summed E-state index contributed by atoms with van der Waals surface area (Å²) in [7, 11) is 0. The number of rotatable bonds is 0. The van der Waals surface area contributed by atoms with E-state index in [0.29, 0.717) is 40.3 Å². The summed E-state index contributed by atoms with van der Waals surface area (Å²) >= 11 is 0. The van der Waals surface area contributed by atoms with Gasteiger partial charge in [-0.3, -0.25) is 4.79 Å². The van der Waals surface area contributed by atoms with E-state index in [-0.39, 0.29) is 0 Å². The second kappa shape index (κ2) is 4.36. The van der Waals surface area contributed by atoms with Crippen LogP contribution in [-0.2, 0) is 4.79 Å². The maximum Gasteiger partial charge on any atom is 0.140 e. The van der Waals surface area contributed by atoms with Crippen LogP contribution in [0.1, 0.15) is 72.6 Å². The highest BCUT2D eigenvalue weighted by Crippen LogP contribution is 2.68. The highest BCUT2D eigenvalue weighted by atomic mass is 16.1. The van der Waals surface area contributed by atoms with Crippen LogP contribution in [-0.4, -0.2) is 5.78 Å². The molecule has 118 valence electrons. The van der Waals surface area contributed by atoms with Gasteiger partial charge in [0.25, 0.3) is 0 Å². The van der Waals surface area contributed by atoms with E-state index in [9.17, 15) is 4.79 Å². The molecule has 1 heteroatoms. The number of fused-ring (bicyclic) bond motifs is 5. The summed E-state index contributed by atoms with van der Waals surface area (Å²) in [6.07, 6.45) is 9.23. The van der Waals surface area contributed by atoms with Gasteiger partial charge in [0.1, 0.15) is 5.78 Å². The molecule has 0 aromatic rings. The predicted octanol–water partition coefficient (Wildman–Crippen LogP) is 5.09. The maximum absolute atomic E-state index is 13.3. The summed E-state index contributed by atoms with van der Waals surface area (Å²) in [5.41, 5.74) is 0.813. The van der Waals surface area contributed by atoms with E-state index >= 15 is 0 Å². The molecular formula is C20H32O. The minimum atomic E-state index is 0.349. The Morgan fingerprint density at radius 3 is 2.33 bits per heavy atom. The van der Waals surface area contributed by atoms with Crippen molar-refractivity contribution >= 4 is 5.78 Å². The smallest absolute Gasteiger partial charge is 0.140 e. The zero-order valence-electron chi connectivity index (χ0n) is 14.3. The molecule has 0 bridgehead atoms. The fourth-order valence-corrected chi connectivity index (χ4v) is 7.18. The molecule has 4 saturated carbocycles. The molecule has 0 aliphatic heterocycles. The summed E-state index contributed by atoms with van der Waals surface area (Å²) in [6, 6.07) is 0. The third kappa shape index (κ3) is 1.67. The summed E-state index contributed by atoms with van der Waals surface area (Å²) in [5.74, 6) is 4.52. The van der Waals surface area contributed by atoms with Crippen LogP contribution < -0.4 is 0 Å². The fraction of sp³-hybridized carbons (Fsp3) is 0.950. The lowest BCUT2D eigenvalue weighted by atomic mass is 9.54. The molecule has 0 aromatic heterocycles. The average molecular weight is 288 g/mol. The van der Waals surface area contributed by atoms with Crippen molar-refractivity contribution < 1.29 is 4.79 Å². The van der Waals surface area contributed by atoms with E-state index in [1.54, 1.807) is 0 Å². The first-order chi connectivity index (χ1) is 9.88. The van der Waals surface area contributed by atoms with Crippen molar-refractivity contribution in [2.24, 2.45) is 46.3 Å². The lowest BCUT2D eigenvalue weighted by Gasteiger charge is -2.49.